The predicted molar refractivity (Wildman–Crippen MR) is 59.2 cm³/mol. The molecule has 0 aromatic heterocycles. The van der Waals surface area contributed by atoms with Crippen LogP contribution in [0.25, 0.3) is 0 Å². The first-order chi connectivity index (χ1) is 7.93. The number of benzene rings is 1. The maximum absolute atomic E-state index is 12.1. The minimum Gasteiger partial charge on any atom is -0.489 e. The third-order valence-corrected chi connectivity index (χ3v) is 2.07. The molecule has 0 atom stereocenters. The monoisotopic (exact) mass is 264 g/mol. The van der Waals surface area contributed by atoms with Crippen molar-refractivity contribution in [3.8, 4) is 11.5 Å². The number of aldehydes is 1. The second kappa shape index (κ2) is 5.82. The van der Waals surface area contributed by atoms with Crippen molar-refractivity contribution in [3.05, 3.63) is 22.7 Å². The smallest absolute Gasteiger partial charge is 0.387 e. The first-order valence-electron chi connectivity index (χ1n) is 4.84. The Labute approximate surface area is 102 Å². The molecule has 0 heterocycles. The zero-order valence-corrected chi connectivity index (χ0v) is 10.0. The van der Waals surface area contributed by atoms with E-state index >= 15 is 0 Å². The number of hydrogen-bond donors (Lipinski definition) is 0. The van der Waals surface area contributed by atoms with Gasteiger partial charge in [0.15, 0.2) is 6.29 Å². The summed E-state index contributed by atoms with van der Waals surface area (Å²) in [6.07, 6.45) is 0.219. The van der Waals surface area contributed by atoms with Gasteiger partial charge in [-0.1, -0.05) is 11.6 Å². The highest BCUT2D eigenvalue weighted by Gasteiger charge is 2.14. The second-order valence-electron chi connectivity index (χ2n) is 3.48. The third kappa shape index (κ3) is 3.85. The fraction of sp³-hybridized carbons (Fsp3) is 0.364. The largest absolute Gasteiger partial charge is 0.489 e. The summed E-state index contributed by atoms with van der Waals surface area (Å²) in [4.78, 5) is 10.7. The fourth-order valence-electron chi connectivity index (χ4n) is 1.18. The minimum atomic E-state index is -3.01. The van der Waals surface area contributed by atoms with Crippen LogP contribution in [0, 0.1) is 0 Å². The van der Waals surface area contributed by atoms with Gasteiger partial charge in [-0.15, -0.1) is 0 Å². The van der Waals surface area contributed by atoms with Gasteiger partial charge in [-0.05, 0) is 19.9 Å². The Morgan fingerprint density at radius 2 is 1.88 bits per heavy atom. The van der Waals surface area contributed by atoms with Crippen LogP contribution in [0.5, 0.6) is 11.5 Å². The van der Waals surface area contributed by atoms with Crippen LogP contribution in [-0.2, 0) is 0 Å². The van der Waals surface area contributed by atoms with Gasteiger partial charge in [0.05, 0.1) is 16.7 Å². The summed E-state index contributed by atoms with van der Waals surface area (Å²) in [7, 11) is 0. The number of halogens is 3. The maximum atomic E-state index is 12.1. The maximum Gasteiger partial charge on any atom is 0.387 e. The predicted octanol–water partition coefficient (Wildman–Crippen LogP) is 3.54. The van der Waals surface area contributed by atoms with Crippen molar-refractivity contribution < 1.29 is 23.0 Å². The van der Waals surface area contributed by atoms with Crippen LogP contribution in [0.4, 0.5) is 8.78 Å². The second-order valence-corrected chi connectivity index (χ2v) is 3.89. The number of carbonyl (C=O) groups excluding carboxylic acids is 1. The van der Waals surface area contributed by atoms with Crippen molar-refractivity contribution in [3.63, 3.8) is 0 Å². The summed E-state index contributed by atoms with van der Waals surface area (Å²) in [6.45, 7) is 0.511. The lowest BCUT2D eigenvalue weighted by Gasteiger charge is -2.14. The van der Waals surface area contributed by atoms with Crippen LogP contribution in [0.15, 0.2) is 12.1 Å². The molecule has 1 aromatic carbocycles. The molecule has 6 heteroatoms. The minimum absolute atomic E-state index is 0.0496. The Bertz CT molecular complexity index is 408. The van der Waals surface area contributed by atoms with Crippen LogP contribution in [0.1, 0.15) is 24.2 Å². The Morgan fingerprint density at radius 3 is 2.35 bits per heavy atom. The fourth-order valence-corrected chi connectivity index (χ4v) is 1.40. The van der Waals surface area contributed by atoms with Crippen molar-refractivity contribution in [2.45, 2.75) is 26.6 Å². The summed E-state index contributed by atoms with van der Waals surface area (Å²) in [5.74, 6) is -0.0574. The zero-order chi connectivity index (χ0) is 13.0. The summed E-state index contributed by atoms with van der Waals surface area (Å²) in [5, 5.41) is 0.169. The van der Waals surface area contributed by atoms with Gasteiger partial charge in [-0.3, -0.25) is 4.79 Å². The normalized spacial score (nSPS) is 10.8. The lowest BCUT2D eigenvalue weighted by Crippen LogP contribution is -2.08. The van der Waals surface area contributed by atoms with Gasteiger partial charge in [-0.25, -0.2) is 0 Å². The number of alkyl halides is 2. The van der Waals surface area contributed by atoms with E-state index in [4.69, 9.17) is 16.3 Å². The van der Waals surface area contributed by atoms with Gasteiger partial charge < -0.3 is 9.47 Å². The molecule has 0 saturated carbocycles. The quantitative estimate of drug-likeness (QED) is 0.763. The van der Waals surface area contributed by atoms with Gasteiger partial charge in [0.1, 0.15) is 11.5 Å². The van der Waals surface area contributed by atoms with Gasteiger partial charge in [-0.2, -0.15) is 8.78 Å². The molecule has 1 aromatic rings. The molecular formula is C11H11ClF2O3. The molecule has 0 spiro atoms. The van der Waals surface area contributed by atoms with Crippen LogP contribution in [-0.4, -0.2) is 19.0 Å². The first kappa shape index (κ1) is 13.7. The Hall–Kier alpha value is -1.36. The molecule has 0 unspecified atom stereocenters. The van der Waals surface area contributed by atoms with Crippen molar-refractivity contribution in [2.75, 3.05) is 0 Å². The molecular weight excluding hydrogens is 254 g/mol. The van der Waals surface area contributed by atoms with Gasteiger partial charge in [0.2, 0.25) is 0 Å². The molecule has 0 amide bonds. The lowest BCUT2D eigenvalue weighted by atomic mass is 10.2. The molecule has 0 N–H and O–H groups in total. The molecule has 0 aliphatic heterocycles. The Morgan fingerprint density at radius 1 is 1.24 bits per heavy atom. The van der Waals surface area contributed by atoms with E-state index in [2.05, 4.69) is 4.74 Å². The highest BCUT2D eigenvalue weighted by molar-refractivity contribution is 6.32. The van der Waals surface area contributed by atoms with Gasteiger partial charge >= 0.3 is 6.61 Å². The highest BCUT2D eigenvalue weighted by Crippen LogP contribution is 2.33. The molecule has 0 fully saturated rings. The first-order valence-corrected chi connectivity index (χ1v) is 5.22. The van der Waals surface area contributed by atoms with Crippen LogP contribution in [0.2, 0.25) is 5.02 Å². The number of ether oxygens (including phenoxy) is 2. The van der Waals surface area contributed by atoms with E-state index in [1.54, 1.807) is 13.8 Å². The molecule has 94 valence electrons. The number of rotatable bonds is 5. The van der Waals surface area contributed by atoms with Gasteiger partial charge in [0, 0.05) is 6.07 Å². The van der Waals surface area contributed by atoms with E-state index in [-0.39, 0.29) is 28.2 Å². The molecule has 3 nitrogen and oxygen atoms in total. The van der Waals surface area contributed by atoms with E-state index in [1.165, 1.54) is 12.1 Å². The zero-order valence-electron chi connectivity index (χ0n) is 9.25. The van der Waals surface area contributed by atoms with Gasteiger partial charge in [0.25, 0.3) is 0 Å². The van der Waals surface area contributed by atoms with E-state index < -0.39 is 6.61 Å². The topological polar surface area (TPSA) is 35.5 Å². The van der Waals surface area contributed by atoms with Crippen molar-refractivity contribution >= 4 is 17.9 Å². The average molecular weight is 265 g/mol. The lowest BCUT2D eigenvalue weighted by molar-refractivity contribution is -0.0501. The van der Waals surface area contributed by atoms with E-state index in [0.717, 1.165) is 0 Å². The van der Waals surface area contributed by atoms with E-state index in [9.17, 15) is 13.6 Å². The molecule has 0 saturated heterocycles. The van der Waals surface area contributed by atoms with E-state index in [1.807, 2.05) is 0 Å². The summed E-state index contributed by atoms with van der Waals surface area (Å²) in [6, 6.07) is 2.40. The number of hydrogen-bond acceptors (Lipinski definition) is 3. The molecule has 0 aliphatic rings. The molecule has 0 radical (unpaired) electrons. The molecule has 0 bridgehead atoms. The summed E-state index contributed by atoms with van der Waals surface area (Å²) in [5.41, 5.74) is -0.0496. The van der Waals surface area contributed by atoms with Crippen molar-refractivity contribution in [2.24, 2.45) is 0 Å². The Balaban J connectivity index is 3.12. The standard InChI is InChI=1S/C11H11ClF2O3/c1-6(2)16-10-4-9(17-11(13)14)7(5-15)3-8(10)12/h3-6,11H,1-2H3. The van der Waals surface area contributed by atoms with Crippen LogP contribution < -0.4 is 9.47 Å². The van der Waals surface area contributed by atoms with Crippen molar-refractivity contribution in [1.29, 1.82) is 0 Å². The van der Waals surface area contributed by atoms with Crippen LogP contribution in [0.3, 0.4) is 0 Å². The van der Waals surface area contributed by atoms with Crippen molar-refractivity contribution in [1.82, 2.24) is 0 Å². The molecule has 1 rings (SSSR count). The van der Waals surface area contributed by atoms with E-state index in [0.29, 0.717) is 6.29 Å². The summed E-state index contributed by atoms with van der Waals surface area (Å²) < 4.78 is 33.7. The SMILES string of the molecule is CC(C)Oc1cc(OC(F)F)c(C=O)cc1Cl. The summed E-state index contributed by atoms with van der Waals surface area (Å²) >= 11 is 5.83. The highest BCUT2D eigenvalue weighted by atomic mass is 35.5. The average Bonchev–Trinajstić information content (AvgIpc) is 2.21. The number of carbonyl (C=O) groups is 1. The molecule has 17 heavy (non-hydrogen) atoms. The Kier molecular flexibility index (Phi) is 4.69. The van der Waals surface area contributed by atoms with Crippen LogP contribution >= 0.6 is 11.6 Å². The molecule has 0 aliphatic carbocycles. The third-order valence-electron chi connectivity index (χ3n) is 1.77.